The van der Waals surface area contributed by atoms with Crippen LogP contribution in [0.5, 0.6) is 5.75 Å². The number of ether oxygens (including phenoxy) is 2. The van der Waals surface area contributed by atoms with Gasteiger partial charge in [0.2, 0.25) is 23.7 Å². The smallest absolute Gasteiger partial charge is 0.276 e. The van der Waals surface area contributed by atoms with E-state index in [1.54, 1.807) is 51.8 Å². The first kappa shape index (κ1) is 41.6. The lowest BCUT2D eigenvalue weighted by atomic mass is 10.1. The molecule has 5 heterocycles. The molecule has 0 radical (unpaired) electrons. The molecule has 6 aromatic rings. The van der Waals surface area contributed by atoms with E-state index in [-0.39, 0.29) is 36.1 Å². The van der Waals surface area contributed by atoms with Gasteiger partial charge in [-0.25, -0.2) is 9.97 Å². The Morgan fingerprint density at radius 1 is 0.867 bits per heavy atom. The average Bonchev–Trinajstić information content (AvgIpc) is 4.00. The summed E-state index contributed by atoms with van der Waals surface area (Å²) in [5, 5.41) is 26.5. The molecule has 2 aromatic carbocycles. The number of hydrogen-bond acceptors (Lipinski definition) is 12. The molecule has 316 valence electrons. The molecule has 7 N–H and O–H groups in total. The van der Waals surface area contributed by atoms with Crippen LogP contribution in [-0.4, -0.2) is 106 Å². The molecule has 0 bridgehead atoms. The second-order valence-corrected chi connectivity index (χ2v) is 14.5. The molecular weight excluding hydrogens is 771 g/mol. The first-order valence-corrected chi connectivity index (χ1v) is 20.0. The summed E-state index contributed by atoms with van der Waals surface area (Å²) in [6.45, 7) is 13.4. The van der Waals surface area contributed by atoms with Gasteiger partial charge in [-0.1, -0.05) is 12.2 Å². The molecule has 0 spiro atoms. The number of benzene rings is 2. The molecule has 0 aliphatic carbocycles. The third-order valence-electron chi connectivity index (χ3n) is 10.3. The Hall–Kier alpha value is -6.57. The number of carbonyl (C=O) groups excluding carboxylic acids is 3. The zero-order valence-corrected chi connectivity index (χ0v) is 34.2. The highest BCUT2D eigenvalue weighted by Crippen LogP contribution is 2.33. The van der Waals surface area contributed by atoms with Crippen molar-refractivity contribution < 1.29 is 29.0 Å². The minimum atomic E-state index is -1.18. The van der Waals surface area contributed by atoms with Crippen LogP contribution in [0.2, 0.25) is 0 Å². The lowest BCUT2D eigenvalue weighted by molar-refractivity contribution is 0.0358. The lowest BCUT2D eigenvalue weighted by Gasteiger charge is -2.26. The number of imidazole rings is 2. The van der Waals surface area contributed by atoms with Gasteiger partial charge < -0.3 is 40.5 Å². The number of allylic oxidation sites excluding steroid dienone is 2. The van der Waals surface area contributed by atoms with Crippen molar-refractivity contribution in [3.8, 4) is 5.75 Å². The highest BCUT2D eigenvalue weighted by Gasteiger charge is 2.23. The minimum absolute atomic E-state index is 0.232. The van der Waals surface area contributed by atoms with E-state index in [1.165, 1.54) is 0 Å². The van der Waals surface area contributed by atoms with Crippen LogP contribution in [0.4, 0.5) is 11.9 Å². The number of aliphatic hydroxyl groups is 1. The van der Waals surface area contributed by atoms with Crippen LogP contribution in [-0.2, 0) is 30.9 Å². The predicted octanol–water partition coefficient (Wildman–Crippen LogP) is 3.35. The fourth-order valence-corrected chi connectivity index (χ4v) is 7.36. The quantitative estimate of drug-likeness (QED) is 0.0477. The molecule has 7 rings (SSSR count). The van der Waals surface area contributed by atoms with E-state index in [0.29, 0.717) is 83.8 Å². The molecule has 19 nitrogen and oxygen atoms in total. The Morgan fingerprint density at radius 2 is 1.53 bits per heavy atom. The molecule has 1 aliphatic heterocycles. The van der Waals surface area contributed by atoms with Crippen LogP contribution in [0.1, 0.15) is 74.8 Å². The zero-order chi connectivity index (χ0) is 42.5. The number of morpholine rings is 1. The SMILES string of the molecule is CCn1nc(C)cc1C(=O)Nc1nc2cc(C(N)=O)ccc2n1C/C=C/Cn1c(NC(O)c2cc(C)nn2CC)nc2cc(C(N)=O)cc(OCCCN3CCOCC3)c21. The largest absolute Gasteiger partial charge is 0.491 e. The summed E-state index contributed by atoms with van der Waals surface area (Å²) in [7, 11) is 0. The highest BCUT2D eigenvalue weighted by molar-refractivity contribution is 6.03. The van der Waals surface area contributed by atoms with E-state index in [4.69, 9.17) is 25.9 Å². The third kappa shape index (κ3) is 9.02. The summed E-state index contributed by atoms with van der Waals surface area (Å²) >= 11 is 0. The summed E-state index contributed by atoms with van der Waals surface area (Å²) in [6, 6.07) is 11.7. The molecule has 1 aliphatic rings. The summed E-state index contributed by atoms with van der Waals surface area (Å²) in [5.74, 6) is -0.631. The van der Waals surface area contributed by atoms with Crippen LogP contribution in [0, 0.1) is 13.8 Å². The molecular formula is C41H51N13O6. The number of nitrogens with zero attached hydrogens (tertiary/aromatic N) is 9. The Morgan fingerprint density at radius 3 is 2.25 bits per heavy atom. The standard InChI is InChI=1S/C41H51N13O6/c1-5-53-32(20-25(3)48-53)38(57)46-40-44-29-22-27(36(42)55)10-11-31(29)51(40)13-7-8-14-52-35-30(45-41(52)47-39(58)33-21-26(4)49-54(33)6-2)23-28(37(43)56)24-34(35)60-17-9-12-50-15-18-59-19-16-50/h7-8,10-11,20-24,39,58H,5-6,9,12-19H2,1-4H3,(H2,42,55)(H2,43,56)(H,45,47)(H,44,46,57)/b8-7+. The summed E-state index contributed by atoms with van der Waals surface area (Å²) < 4.78 is 18.9. The van der Waals surface area contributed by atoms with Crippen LogP contribution < -0.4 is 26.8 Å². The highest BCUT2D eigenvalue weighted by atomic mass is 16.5. The number of anilines is 2. The summed E-state index contributed by atoms with van der Waals surface area (Å²) in [5.41, 5.74) is 16.4. The monoisotopic (exact) mass is 821 g/mol. The van der Waals surface area contributed by atoms with Crippen molar-refractivity contribution in [3.05, 3.63) is 88.5 Å². The first-order valence-electron chi connectivity index (χ1n) is 20.0. The molecule has 1 saturated heterocycles. The van der Waals surface area contributed by atoms with Crippen molar-refractivity contribution in [2.75, 3.05) is 50.1 Å². The van der Waals surface area contributed by atoms with Crippen molar-refractivity contribution in [3.63, 3.8) is 0 Å². The Kier molecular flexibility index (Phi) is 12.6. The molecule has 1 fully saturated rings. The molecule has 60 heavy (non-hydrogen) atoms. The third-order valence-corrected chi connectivity index (χ3v) is 10.3. The van der Waals surface area contributed by atoms with Gasteiger partial charge in [0.25, 0.3) is 5.91 Å². The van der Waals surface area contributed by atoms with E-state index in [1.807, 2.05) is 49.0 Å². The number of aromatic nitrogens is 8. The number of primary amides is 2. The fourth-order valence-electron chi connectivity index (χ4n) is 7.36. The maximum Gasteiger partial charge on any atom is 0.276 e. The zero-order valence-electron chi connectivity index (χ0n) is 34.2. The van der Waals surface area contributed by atoms with Gasteiger partial charge in [-0.15, -0.1) is 0 Å². The van der Waals surface area contributed by atoms with Gasteiger partial charge in [0, 0.05) is 56.9 Å². The predicted molar refractivity (Wildman–Crippen MR) is 225 cm³/mol. The fraction of sp³-hybridized carbons (Fsp3) is 0.390. The van der Waals surface area contributed by atoms with Gasteiger partial charge in [-0.2, -0.15) is 10.2 Å². The van der Waals surface area contributed by atoms with Gasteiger partial charge in [0.1, 0.15) is 17.0 Å². The van der Waals surface area contributed by atoms with Crippen LogP contribution in [0.15, 0.2) is 54.6 Å². The number of amides is 3. The van der Waals surface area contributed by atoms with E-state index in [0.717, 1.165) is 31.7 Å². The second kappa shape index (κ2) is 18.1. The van der Waals surface area contributed by atoms with Gasteiger partial charge in [0.05, 0.1) is 53.5 Å². The van der Waals surface area contributed by atoms with Gasteiger partial charge in [-0.05, 0) is 76.6 Å². The Balaban J connectivity index is 1.22. The molecule has 19 heteroatoms. The van der Waals surface area contributed by atoms with E-state index >= 15 is 0 Å². The van der Waals surface area contributed by atoms with Crippen molar-refractivity contribution in [2.24, 2.45) is 11.5 Å². The maximum absolute atomic E-state index is 13.6. The normalized spacial score (nSPS) is 14.0. The number of aryl methyl sites for hydroxylation is 4. The molecule has 3 amide bonds. The Bertz CT molecular complexity index is 2560. The van der Waals surface area contributed by atoms with Crippen LogP contribution >= 0.6 is 0 Å². The molecule has 4 aromatic heterocycles. The minimum Gasteiger partial charge on any atom is -0.491 e. The number of fused-ring (bicyclic) bond motifs is 2. The number of rotatable bonds is 18. The molecule has 1 atom stereocenters. The maximum atomic E-state index is 13.6. The number of nitrogens with two attached hydrogens (primary N) is 2. The van der Waals surface area contributed by atoms with E-state index < -0.39 is 18.0 Å². The average molecular weight is 822 g/mol. The van der Waals surface area contributed by atoms with Crippen LogP contribution in [0.3, 0.4) is 0 Å². The van der Waals surface area contributed by atoms with Crippen LogP contribution in [0.25, 0.3) is 22.1 Å². The number of hydrogen-bond donors (Lipinski definition) is 5. The number of nitrogens with one attached hydrogen (secondary N) is 2. The van der Waals surface area contributed by atoms with Crippen molar-refractivity contribution in [1.29, 1.82) is 0 Å². The van der Waals surface area contributed by atoms with Crippen molar-refractivity contribution in [2.45, 2.75) is 66.5 Å². The second-order valence-electron chi connectivity index (χ2n) is 14.5. The van der Waals surface area contributed by atoms with Gasteiger partial charge in [-0.3, -0.25) is 34.0 Å². The molecule has 1 unspecified atom stereocenters. The van der Waals surface area contributed by atoms with E-state index in [9.17, 15) is 19.5 Å². The van der Waals surface area contributed by atoms with Gasteiger partial charge in [0.15, 0.2) is 6.23 Å². The molecule has 0 saturated carbocycles. The van der Waals surface area contributed by atoms with Gasteiger partial charge >= 0.3 is 0 Å². The van der Waals surface area contributed by atoms with E-state index in [2.05, 4.69) is 30.7 Å². The van der Waals surface area contributed by atoms with Crippen molar-refractivity contribution >= 4 is 51.7 Å². The number of carbonyl (C=O) groups is 3. The van der Waals surface area contributed by atoms with Crippen molar-refractivity contribution in [1.82, 2.24) is 43.6 Å². The summed E-state index contributed by atoms with van der Waals surface area (Å²) in [6.07, 6.45) is 3.37. The lowest BCUT2D eigenvalue weighted by Crippen LogP contribution is -2.37. The Labute approximate surface area is 345 Å². The first-order chi connectivity index (χ1) is 28.9. The summed E-state index contributed by atoms with van der Waals surface area (Å²) in [4.78, 5) is 49.9. The topological polar surface area (TPSA) is 241 Å². The number of aliphatic hydroxyl groups excluding tert-OH is 1.